The zero-order valence-corrected chi connectivity index (χ0v) is 12.3. The van der Waals surface area contributed by atoms with Gasteiger partial charge in [0, 0.05) is 25.2 Å². The van der Waals surface area contributed by atoms with Crippen LogP contribution in [0.4, 0.5) is 0 Å². The number of nitrogens with one attached hydrogen (secondary N) is 1. The van der Waals surface area contributed by atoms with Crippen LogP contribution in [0, 0.1) is 0 Å². The number of carboxylic acids is 1. The van der Waals surface area contributed by atoms with E-state index in [4.69, 9.17) is 24.1 Å². The summed E-state index contributed by atoms with van der Waals surface area (Å²) in [5.74, 6) is 0.969. The molecule has 1 heterocycles. The fraction of sp³-hybridized carbons (Fsp3) is 0.500. The molecule has 1 saturated heterocycles. The van der Waals surface area contributed by atoms with Gasteiger partial charge in [0.1, 0.15) is 11.4 Å². The molecule has 0 amide bonds. The first-order valence-corrected chi connectivity index (χ1v) is 6.45. The van der Waals surface area contributed by atoms with Crippen LogP contribution in [0.5, 0.6) is 23.0 Å². The molecule has 0 saturated carbocycles. The Hall–Kier alpha value is -2.15. The summed E-state index contributed by atoms with van der Waals surface area (Å²) in [6.07, 6.45) is -0.0728. The zero-order chi connectivity index (χ0) is 15.5. The summed E-state index contributed by atoms with van der Waals surface area (Å²) in [7, 11) is 4.54. The summed E-state index contributed by atoms with van der Waals surface area (Å²) >= 11 is 0. The predicted octanol–water partition coefficient (Wildman–Crippen LogP) is 0.908. The van der Waals surface area contributed by atoms with Crippen LogP contribution in [0.15, 0.2) is 12.1 Å². The second-order valence-corrected chi connectivity index (χ2v) is 4.82. The van der Waals surface area contributed by atoms with E-state index >= 15 is 0 Å². The Morgan fingerprint density at radius 1 is 1.19 bits per heavy atom. The van der Waals surface area contributed by atoms with Gasteiger partial charge in [0.25, 0.3) is 0 Å². The lowest BCUT2D eigenvalue weighted by molar-refractivity contribution is -0.143. The number of carbonyl (C=O) groups is 1. The molecule has 0 spiro atoms. The van der Waals surface area contributed by atoms with E-state index in [1.807, 2.05) is 0 Å². The van der Waals surface area contributed by atoms with Crippen LogP contribution in [-0.2, 0) is 4.79 Å². The lowest BCUT2D eigenvalue weighted by atomic mass is 9.92. The molecule has 1 aliphatic heterocycles. The van der Waals surface area contributed by atoms with Gasteiger partial charge in [0.05, 0.1) is 27.8 Å². The van der Waals surface area contributed by atoms with Crippen molar-refractivity contribution in [2.45, 2.75) is 12.0 Å². The van der Waals surface area contributed by atoms with Crippen molar-refractivity contribution in [1.82, 2.24) is 5.32 Å². The molecule has 1 fully saturated rings. The molecule has 1 aromatic carbocycles. The van der Waals surface area contributed by atoms with Crippen LogP contribution in [0.25, 0.3) is 0 Å². The van der Waals surface area contributed by atoms with Crippen molar-refractivity contribution in [3.8, 4) is 23.0 Å². The third-order valence-corrected chi connectivity index (χ3v) is 3.34. The van der Waals surface area contributed by atoms with Gasteiger partial charge >= 0.3 is 5.97 Å². The zero-order valence-electron chi connectivity index (χ0n) is 12.3. The molecule has 7 heteroatoms. The van der Waals surface area contributed by atoms with E-state index < -0.39 is 11.6 Å². The predicted molar refractivity (Wildman–Crippen MR) is 74.6 cm³/mol. The van der Waals surface area contributed by atoms with Crippen molar-refractivity contribution in [1.29, 1.82) is 0 Å². The first-order chi connectivity index (χ1) is 10.0. The van der Waals surface area contributed by atoms with Gasteiger partial charge in [0.2, 0.25) is 5.75 Å². The highest BCUT2D eigenvalue weighted by molar-refractivity contribution is 5.68. The normalized spacial score (nSPS) is 15.8. The van der Waals surface area contributed by atoms with Gasteiger partial charge in [0.15, 0.2) is 11.5 Å². The third kappa shape index (κ3) is 3.13. The Balaban J connectivity index is 2.29. The van der Waals surface area contributed by atoms with Gasteiger partial charge in [-0.1, -0.05) is 0 Å². The maximum Gasteiger partial charge on any atom is 0.307 e. The van der Waals surface area contributed by atoms with Crippen LogP contribution < -0.4 is 24.3 Å². The maximum atomic E-state index is 11.0. The summed E-state index contributed by atoms with van der Waals surface area (Å²) in [4.78, 5) is 11.0. The molecule has 0 radical (unpaired) electrons. The van der Waals surface area contributed by atoms with E-state index in [1.54, 1.807) is 12.1 Å². The van der Waals surface area contributed by atoms with Crippen LogP contribution in [0.3, 0.4) is 0 Å². The minimum Gasteiger partial charge on any atom is -0.493 e. The highest BCUT2D eigenvalue weighted by Crippen LogP contribution is 2.42. The molecule has 0 aliphatic carbocycles. The maximum absolute atomic E-state index is 11.0. The Bertz CT molecular complexity index is 501. The summed E-state index contributed by atoms with van der Waals surface area (Å²) < 4.78 is 21.6. The van der Waals surface area contributed by atoms with E-state index in [0.29, 0.717) is 36.1 Å². The number of rotatable bonds is 7. The average Bonchev–Trinajstić information content (AvgIpc) is 2.43. The number of hydrogen-bond donors (Lipinski definition) is 2. The summed E-state index contributed by atoms with van der Waals surface area (Å²) in [6, 6.07) is 3.31. The van der Waals surface area contributed by atoms with E-state index in [9.17, 15) is 4.79 Å². The number of ether oxygens (including phenoxy) is 4. The van der Waals surface area contributed by atoms with Crippen molar-refractivity contribution < 1.29 is 28.8 Å². The van der Waals surface area contributed by atoms with Crippen LogP contribution in [0.2, 0.25) is 0 Å². The molecule has 1 aliphatic rings. The molecule has 7 nitrogen and oxygen atoms in total. The molecule has 0 atom stereocenters. The van der Waals surface area contributed by atoms with E-state index in [1.165, 1.54) is 21.3 Å². The van der Waals surface area contributed by atoms with Crippen LogP contribution in [-0.4, -0.2) is 51.1 Å². The third-order valence-electron chi connectivity index (χ3n) is 3.34. The van der Waals surface area contributed by atoms with Crippen molar-refractivity contribution in [2.24, 2.45) is 0 Å². The summed E-state index contributed by atoms with van der Waals surface area (Å²) in [5.41, 5.74) is -0.740. The number of aliphatic carboxylic acids is 1. The van der Waals surface area contributed by atoms with Gasteiger partial charge in [-0.2, -0.15) is 0 Å². The molecule has 116 valence electrons. The average molecular weight is 297 g/mol. The number of methoxy groups -OCH3 is 3. The Morgan fingerprint density at radius 2 is 1.76 bits per heavy atom. The minimum atomic E-state index is -0.899. The van der Waals surface area contributed by atoms with Gasteiger partial charge < -0.3 is 29.4 Å². The van der Waals surface area contributed by atoms with Gasteiger partial charge in [-0.25, -0.2) is 0 Å². The van der Waals surface area contributed by atoms with Crippen molar-refractivity contribution in [3.05, 3.63) is 12.1 Å². The monoisotopic (exact) mass is 297 g/mol. The SMILES string of the molecule is COc1cc(OC2(CC(=O)O)CNC2)cc(OC)c1OC. The minimum absolute atomic E-state index is 0.0728. The van der Waals surface area contributed by atoms with E-state index in [0.717, 1.165) is 0 Å². The van der Waals surface area contributed by atoms with E-state index in [2.05, 4.69) is 5.32 Å². The van der Waals surface area contributed by atoms with Gasteiger partial charge in [-0.15, -0.1) is 0 Å². The number of benzene rings is 1. The number of hydrogen-bond acceptors (Lipinski definition) is 6. The number of carboxylic acid groups (broad SMARTS) is 1. The first kappa shape index (κ1) is 15.2. The molecule has 0 bridgehead atoms. The molecule has 0 aromatic heterocycles. The fourth-order valence-electron chi connectivity index (χ4n) is 2.28. The lowest BCUT2D eigenvalue weighted by Crippen LogP contribution is -2.64. The molecular weight excluding hydrogens is 278 g/mol. The Kier molecular flexibility index (Phi) is 4.42. The standard InChI is InChI=1S/C14H19NO6/c1-18-10-4-9(5-11(19-2)13(10)20-3)21-14(6-12(16)17)7-15-8-14/h4-5,15H,6-8H2,1-3H3,(H,16,17). The van der Waals surface area contributed by atoms with Gasteiger partial charge in [-0.05, 0) is 0 Å². The molecule has 1 aromatic rings. The van der Waals surface area contributed by atoms with Crippen LogP contribution in [0.1, 0.15) is 6.42 Å². The molecular formula is C14H19NO6. The quantitative estimate of drug-likeness (QED) is 0.773. The van der Waals surface area contributed by atoms with Crippen molar-refractivity contribution in [3.63, 3.8) is 0 Å². The fourth-order valence-corrected chi connectivity index (χ4v) is 2.28. The highest BCUT2D eigenvalue weighted by atomic mass is 16.5. The summed E-state index contributed by atoms with van der Waals surface area (Å²) in [6.45, 7) is 0.964. The Labute approximate surface area is 122 Å². The molecule has 2 rings (SSSR count). The molecule has 2 N–H and O–H groups in total. The largest absolute Gasteiger partial charge is 0.493 e. The topological polar surface area (TPSA) is 86.3 Å². The lowest BCUT2D eigenvalue weighted by Gasteiger charge is -2.41. The highest BCUT2D eigenvalue weighted by Gasteiger charge is 2.42. The van der Waals surface area contributed by atoms with E-state index in [-0.39, 0.29) is 6.42 Å². The molecule has 21 heavy (non-hydrogen) atoms. The first-order valence-electron chi connectivity index (χ1n) is 6.45. The van der Waals surface area contributed by atoms with Crippen LogP contribution >= 0.6 is 0 Å². The van der Waals surface area contributed by atoms with Crippen molar-refractivity contribution in [2.75, 3.05) is 34.4 Å². The van der Waals surface area contributed by atoms with Gasteiger partial charge in [-0.3, -0.25) is 4.79 Å². The van der Waals surface area contributed by atoms with Crippen molar-refractivity contribution >= 4 is 5.97 Å². The summed E-state index contributed by atoms with van der Waals surface area (Å²) in [5, 5.41) is 12.0. The Morgan fingerprint density at radius 3 is 2.10 bits per heavy atom. The second kappa shape index (κ2) is 6.09. The molecule has 0 unspecified atom stereocenters. The second-order valence-electron chi connectivity index (χ2n) is 4.82. The smallest absolute Gasteiger partial charge is 0.307 e.